The first-order valence-corrected chi connectivity index (χ1v) is 9.84. The largest absolute Gasteiger partial charge is 0.493 e. The minimum atomic E-state index is -0.618. The van der Waals surface area contributed by atoms with Crippen molar-refractivity contribution >= 4 is 17.5 Å². The molecule has 2 heterocycles. The topological polar surface area (TPSA) is 107 Å². The van der Waals surface area contributed by atoms with Crippen molar-refractivity contribution in [3.05, 3.63) is 48.4 Å². The SMILES string of the molecule is COc1cc(-c2noc(CN3CCN(c4ccccc4)C(=O)C3=O)n2)cc(OC)c1OC. The average Bonchev–Trinajstić information content (AvgIpc) is 3.30. The fraction of sp³-hybridized carbons (Fsp3) is 0.273. The number of methoxy groups -OCH3 is 3. The van der Waals surface area contributed by atoms with Crippen molar-refractivity contribution in [1.82, 2.24) is 15.0 Å². The molecule has 4 rings (SSSR count). The van der Waals surface area contributed by atoms with E-state index in [1.807, 2.05) is 18.2 Å². The molecule has 0 unspecified atom stereocenters. The highest BCUT2D eigenvalue weighted by Crippen LogP contribution is 2.40. The lowest BCUT2D eigenvalue weighted by atomic mass is 10.1. The van der Waals surface area contributed by atoms with Gasteiger partial charge in [0, 0.05) is 24.3 Å². The van der Waals surface area contributed by atoms with Gasteiger partial charge in [-0.2, -0.15) is 4.98 Å². The van der Waals surface area contributed by atoms with Crippen molar-refractivity contribution in [1.29, 1.82) is 0 Å². The van der Waals surface area contributed by atoms with Crippen LogP contribution in [0, 0.1) is 0 Å². The van der Waals surface area contributed by atoms with Gasteiger partial charge in [0.25, 0.3) is 0 Å². The quantitative estimate of drug-likeness (QED) is 0.517. The first kappa shape index (κ1) is 21.2. The number of aromatic nitrogens is 2. The van der Waals surface area contributed by atoms with Crippen LogP contribution in [0.25, 0.3) is 11.4 Å². The Labute approximate surface area is 184 Å². The van der Waals surface area contributed by atoms with Gasteiger partial charge < -0.3 is 28.5 Å². The number of hydrogen-bond donors (Lipinski definition) is 0. The van der Waals surface area contributed by atoms with E-state index in [1.54, 1.807) is 24.3 Å². The van der Waals surface area contributed by atoms with Crippen LogP contribution in [0.5, 0.6) is 17.2 Å². The molecule has 1 aliphatic heterocycles. The molecule has 0 aliphatic carbocycles. The zero-order chi connectivity index (χ0) is 22.7. The van der Waals surface area contributed by atoms with Crippen molar-refractivity contribution in [2.75, 3.05) is 39.3 Å². The number of nitrogens with zero attached hydrogens (tertiary/aromatic N) is 4. The molecule has 10 nitrogen and oxygen atoms in total. The van der Waals surface area contributed by atoms with Gasteiger partial charge in [-0.05, 0) is 24.3 Å². The summed E-state index contributed by atoms with van der Waals surface area (Å²) in [6.45, 7) is 0.758. The summed E-state index contributed by atoms with van der Waals surface area (Å²) < 4.78 is 21.4. The molecule has 1 fully saturated rings. The summed E-state index contributed by atoms with van der Waals surface area (Å²) in [6.07, 6.45) is 0. The monoisotopic (exact) mass is 438 g/mol. The number of amides is 2. The zero-order valence-corrected chi connectivity index (χ0v) is 17.9. The highest BCUT2D eigenvalue weighted by molar-refractivity contribution is 6.40. The van der Waals surface area contributed by atoms with Crippen molar-refractivity contribution < 1.29 is 28.3 Å². The molecule has 1 aromatic heterocycles. The fourth-order valence-corrected chi connectivity index (χ4v) is 3.49. The molecule has 0 radical (unpaired) electrons. The maximum absolute atomic E-state index is 12.6. The van der Waals surface area contributed by atoms with Gasteiger partial charge in [-0.3, -0.25) is 9.59 Å². The van der Waals surface area contributed by atoms with Crippen LogP contribution in [-0.2, 0) is 16.1 Å². The van der Waals surface area contributed by atoms with Crippen LogP contribution in [0.15, 0.2) is 47.0 Å². The van der Waals surface area contributed by atoms with Crippen LogP contribution in [0.2, 0.25) is 0 Å². The second kappa shape index (κ2) is 8.96. The third-order valence-electron chi connectivity index (χ3n) is 5.09. The van der Waals surface area contributed by atoms with Crippen LogP contribution in [0.1, 0.15) is 5.89 Å². The number of ether oxygens (including phenoxy) is 3. The van der Waals surface area contributed by atoms with Gasteiger partial charge in [0.1, 0.15) is 6.54 Å². The zero-order valence-electron chi connectivity index (χ0n) is 17.9. The first-order valence-electron chi connectivity index (χ1n) is 9.84. The summed E-state index contributed by atoms with van der Waals surface area (Å²) in [6, 6.07) is 12.5. The van der Waals surface area contributed by atoms with Gasteiger partial charge in [0.2, 0.25) is 17.5 Å². The smallest absolute Gasteiger partial charge is 0.316 e. The van der Waals surface area contributed by atoms with Gasteiger partial charge in [-0.25, -0.2) is 0 Å². The maximum atomic E-state index is 12.6. The molecule has 1 saturated heterocycles. The van der Waals surface area contributed by atoms with Gasteiger partial charge in [-0.1, -0.05) is 23.4 Å². The van der Waals surface area contributed by atoms with E-state index in [0.29, 0.717) is 47.4 Å². The summed E-state index contributed by atoms with van der Waals surface area (Å²) in [5.41, 5.74) is 1.28. The maximum Gasteiger partial charge on any atom is 0.316 e. The van der Waals surface area contributed by atoms with Crippen molar-refractivity contribution in [2.24, 2.45) is 0 Å². The van der Waals surface area contributed by atoms with Gasteiger partial charge in [0.15, 0.2) is 11.5 Å². The predicted octanol–water partition coefficient (Wildman–Crippen LogP) is 2.14. The third-order valence-corrected chi connectivity index (χ3v) is 5.09. The van der Waals surface area contributed by atoms with E-state index in [1.165, 1.54) is 31.1 Å². The van der Waals surface area contributed by atoms with Crippen molar-refractivity contribution in [3.63, 3.8) is 0 Å². The van der Waals surface area contributed by atoms with E-state index in [-0.39, 0.29) is 12.4 Å². The second-order valence-electron chi connectivity index (χ2n) is 6.94. The molecule has 32 heavy (non-hydrogen) atoms. The summed E-state index contributed by atoms with van der Waals surface area (Å²) in [4.78, 5) is 32.4. The van der Waals surface area contributed by atoms with Gasteiger partial charge in [-0.15, -0.1) is 0 Å². The van der Waals surface area contributed by atoms with Crippen molar-refractivity contribution in [3.8, 4) is 28.6 Å². The summed E-state index contributed by atoms with van der Waals surface area (Å²) in [5, 5.41) is 3.99. The Kier molecular flexibility index (Phi) is 5.93. The highest BCUT2D eigenvalue weighted by atomic mass is 16.5. The van der Waals surface area contributed by atoms with Gasteiger partial charge >= 0.3 is 11.8 Å². The molecule has 0 atom stereocenters. The number of hydrogen-bond acceptors (Lipinski definition) is 8. The second-order valence-corrected chi connectivity index (χ2v) is 6.94. The molecule has 2 amide bonds. The Balaban J connectivity index is 1.51. The fourth-order valence-electron chi connectivity index (χ4n) is 3.49. The van der Waals surface area contributed by atoms with Crippen molar-refractivity contribution in [2.45, 2.75) is 6.54 Å². The number of para-hydroxylation sites is 1. The minimum Gasteiger partial charge on any atom is -0.493 e. The van der Waals surface area contributed by atoms with E-state index < -0.39 is 11.8 Å². The summed E-state index contributed by atoms with van der Waals surface area (Å²) in [5.74, 6) is 0.642. The Bertz CT molecular complexity index is 1110. The first-order chi connectivity index (χ1) is 15.5. The van der Waals surface area contributed by atoms with E-state index in [0.717, 1.165) is 0 Å². The number of anilines is 1. The normalized spacial score (nSPS) is 14.0. The van der Waals surface area contributed by atoms with E-state index >= 15 is 0 Å². The standard InChI is InChI=1S/C22H22N4O6/c1-29-16-11-14(12-17(30-2)19(16)31-3)20-23-18(32-24-20)13-25-9-10-26(22(28)21(25)27)15-7-5-4-6-8-15/h4-8,11-12H,9-10,13H2,1-3H3. The van der Waals surface area contributed by atoms with Crippen LogP contribution >= 0.6 is 0 Å². The molecule has 166 valence electrons. The summed E-state index contributed by atoms with van der Waals surface area (Å²) >= 11 is 0. The average molecular weight is 438 g/mol. The molecule has 1 aliphatic rings. The minimum absolute atomic E-state index is 0.0324. The molecule has 0 bridgehead atoms. The number of carbonyl (C=O) groups excluding carboxylic acids is 2. The third kappa shape index (κ3) is 3.94. The molecule has 3 aromatic rings. The number of carbonyl (C=O) groups is 2. The summed E-state index contributed by atoms with van der Waals surface area (Å²) in [7, 11) is 4.54. The van der Waals surface area contributed by atoms with Crippen LogP contribution in [0.3, 0.4) is 0 Å². The Hall–Kier alpha value is -4.08. The Morgan fingerprint density at radius 2 is 1.62 bits per heavy atom. The molecule has 2 aromatic carbocycles. The molecule has 0 spiro atoms. The Morgan fingerprint density at radius 3 is 2.25 bits per heavy atom. The molecular formula is C22H22N4O6. The lowest BCUT2D eigenvalue weighted by molar-refractivity contribution is -0.146. The molecule has 0 saturated carbocycles. The van der Waals surface area contributed by atoms with Crippen LogP contribution in [0.4, 0.5) is 5.69 Å². The lowest BCUT2D eigenvalue weighted by Crippen LogP contribution is -2.54. The van der Waals surface area contributed by atoms with E-state index in [4.69, 9.17) is 18.7 Å². The highest BCUT2D eigenvalue weighted by Gasteiger charge is 2.34. The predicted molar refractivity (Wildman–Crippen MR) is 114 cm³/mol. The Morgan fingerprint density at radius 1 is 0.938 bits per heavy atom. The number of piperazine rings is 1. The number of benzene rings is 2. The van der Waals surface area contributed by atoms with Gasteiger partial charge in [0.05, 0.1) is 21.3 Å². The number of rotatable bonds is 7. The van der Waals surface area contributed by atoms with Crippen LogP contribution < -0.4 is 19.1 Å². The lowest BCUT2D eigenvalue weighted by Gasteiger charge is -2.32. The van der Waals surface area contributed by atoms with E-state index in [9.17, 15) is 9.59 Å². The van der Waals surface area contributed by atoms with E-state index in [2.05, 4.69) is 10.1 Å². The molecule has 10 heteroatoms. The molecule has 0 N–H and O–H groups in total. The van der Waals surface area contributed by atoms with Crippen LogP contribution in [-0.4, -0.2) is 61.3 Å². The molecular weight excluding hydrogens is 416 g/mol.